The van der Waals surface area contributed by atoms with Crippen LogP contribution in [0.2, 0.25) is 0 Å². The van der Waals surface area contributed by atoms with Crippen LogP contribution in [-0.4, -0.2) is 28.7 Å². The summed E-state index contributed by atoms with van der Waals surface area (Å²) < 4.78 is 5.67. The van der Waals surface area contributed by atoms with E-state index in [1.807, 2.05) is 48.2 Å². The predicted octanol–water partition coefficient (Wildman–Crippen LogP) is 3.91. The average Bonchev–Trinajstić information content (AvgIpc) is 3.30. The van der Waals surface area contributed by atoms with Crippen molar-refractivity contribution in [1.82, 2.24) is 4.90 Å². The van der Waals surface area contributed by atoms with Crippen molar-refractivity contribution in [2.45, 2.75) is 45.2 Å². The standard InChI is InChI=1S/C21H24N2O3/c1-16-8-13-20(26-16)15-23(19-6-2-3-7-19)21(25)22-18-11-9-17(10-12-18)5-4-14-24/h8-13,19,24H,2-3,6-7,14-15H2,1H3,(H,22,25). The van der Waals surface area contributed by atoms with Crippen molar-refractivity contribution >= 4 is 11.7 Å². The zero-order valence-corrected chi connectivity index (χ0v) is 15.0. The van der Waals surface area contributed by atoms with Gasteiger partial charge in [0.05, 0.1) is 6.54 Å². The van der Waals surface area contributed by atoms with Gasteiger partial charge in [-0.1, -0.05) is 24.7 Å². The molecule has 1 saturated carbocycles. The Morgan fingerprint density at radius 2 is 1.96 bits per heavy atom. The van der Waals surface area contributed by atoms with Crippen LogP contribution in [0.5, 0.6) is 0 Å². The minimum Gasteiger partial charge on any atom is -0.464 e. The largest absolute Gasteiger partial charge is 0.464 e. The molecule has 2 N–H and O–H groups in total. The SMILES string of the molecule is Cc1ccc(CN(C(=O)Nc2ccc(C#CCO)cc2)C2CCCC2)o1. The molecule has 3 rings (SSSR count). The van der Waals surface area contributed by atoms with E-state index in [-0.39, 0.29) is 18.7 Å². The van der Waals surface area contributed by atoms with Crippen LogP contribution in [0, 0.1) is 18.8 Å². The number of amides is 2. The molecule has 1 aromatic heterocycles. The van der Waals surface area contributed by atoms with Crippen molar-refractivity contribution in [3.63, 3.8) is 0 Å². The smallest absolute Gasteiger partial charge is 0.322 e. The first kappa shape index (κ1) is 18.1. The van der Waals surface area contributed by atoms with Crippen LogP contribution < -0.4 is 5.32 Å². The number of hydrogen-bond donors (Lipinski definition) is 2. The van der Waals surface area contributed by atoms with Gasteiger partial charge in [0.1, 0.15) is 18.1 Å². The Balaban J connectivity index is 1.70. The Kier molecular flexibility index (Phi) is 5.98. The van der Waals surface area contributed by atoms with Crippen molar-refractivity contribution in [1.29, 1.82) is 0 Å². The van der Waals surface area contributed by atoms with E-state index >= 15 is 0 Å². The van der Waals surface area contributed by atoms with Crippen LogP contribution in [0.25, 0.3) is 0 Å². The fraction of sp³-hybridized carbons (Fsp3) is 0.381. The first-order valence-electron chi connectivity index (χ1n) is 8.98. The van der Waals surface area contributed by atoms with Crippen molar-refractivity contribution in [2.75, 3.05) is 11.9 Å². The number of hydrogen-bond acceptors (Lipinski definition) is 3. The van der Waals surface area contributed by atoms with Gasteiger partial charge in [0.2, 0.25) is 0 Å². The Morgan fingerprint density at radius 1 is 1.23 bits per heavy atom. The topological polar surface area (TPSA) is 65.7 Å². The molecule has 5 heteroatoms. The molecule has 1 aliphatic carbocycles. The molecule has 0 spiro atoms. The number of nitrogens with zero attached hydrogens (tertiary/aromatic N) is 1. The second-order valence-corrected chi connectivity index (χ2v) is 6.55. The van der Waals surface area contributed by atoms with Crippen molar-refractivity contribution in [3.8, 4) is 11.8 Å². The molecule has 0 bridgehead atoms. The van der Waals surface area contributed by atoms with E-state index in [1.54, 1.807) is 0 Å². The lowest BCUT2D eigenvalue weighted by Crippen LogP contribution is -2.41. The van der Waals surface area contributed by atoms with Crippen molar-refractivity contribution < 1.29 is 14.3 Å². The molecule has 26 heavy (non-hydrogen) atoms. The van der Waals surface area contributed by atoms with E-state index < -0.39 is 0 Å². The van der Waals surface area contributed by atoms with Gasteiger partial charge in [-0.25, -0.2) is 4.79 Å². The number of urea groups is 1. The molecule has 0 atom stereocenters. The van der Waals surface area contributed by atoms with E-state index in [0.29, 0.717) is 6.54 Å². The van der Waals surface area contributed by atoms with Crippen LogP contribution >= 0.6 is 0 Å². The molecule has 1 aromatic carbocycles. The van der Waals surface area contributed by atoms with Crippen molar-refractivity contribution in [3.05, 3.63) is 53.5 Å². The lowest BCUT2D eigenvalue weighted by atomic mass is 10.2. The molecule has 0 aliphatic heterocycles. The van der Waals surface area contributed by atoms with E-state index in [9.17, 15) is 4.79 Å². The van der Waals surface area contributed by atoms with Gasteiger partial charge in [0, 0.05) is 17.3 Å². The van der Waals surface area contributed by atoms with Gasteiger partial charge >= 0.3 is 6.03 Å². The number of anilines is 1. The maximum Gasteiger partial charge on any atom is 0.322 e. The summed E-state index contributed by atoms with van der Waals surface area (Å²) in [5, 5.41) is 11.7. The maximum atomic E-state index is 12.9. The summed E-state index contributed by atoms with van der Waals surface area (Å²) in [6, 6.07) is 11.3. The summed E-state index contributed by atoms with van der Waals surface area (Å²) in [7, 11) is 0. The number of benzene rings is 1. The second kappa shape index (κ2) is 8.59. The Bertz CT molecular complexity index is 793. The first-order chi connectivity index (χ1) is 12.7. The molecule has 1 fully saturated rings. The van der Waals surface area contributed by atoms with Gasteiger partial charge in [-0.2, -0.15) is 0 Å². The number of carbonyl (C=O) groups is 1. The molecule has 2 amide bonds. The minimum absolute atomic E-state index is 0.111. The minimum atomic E-state index is -0.166. The van der Waals surface area contributed by atoms with Crippen LogP contribution in [0.4, 0.5) is 10.5 Å². The van der Waals surface area contributed by atoms with Gasteiger partial charge in [0.15, 0.2) is 0 Å². The highest BCUT2D eigenvalue weighted by atomic mass is 16.3. The second-order valence-electron chi connectivity index (χ2n) is 6.55. The lowest BCUT2D eigenvalue weighted by Gasteiger charge is -2.28. The fourth-order valence-corrected chi connectivity index (χ4v) is 3.29. The lowest BCUT2D eigenvalue weighted by molar-refractivity contribution is 0.178. The Labute approximate surface area is 154 Å². The summed E-state index contributed by atoms with van der Waals surface area (Å²) in [6.45, 7) is 2.22. The van der Waals surface area contributed by atoms with Crippen LogP contribution in [0.1, 0.15) is 42.8 Å². The van der Waals surface area contributed by atoms with E-state index in [0.717, 1.165) is 48.5 Å². The zero-order chi connectivity index (χ0) is 18.4. The number of aliphatic hydroxyl groups is 1. The summed E-state index contributed by atoms with van der Waals surface area (Å²) in [5.74, 6) is 7.11. The van der Waals surface area contributed by atoms with Gasteiger partial charge < -0.3 is 19.7 Å². The number of aryl methyl sites for hydroxylation is 1. The van der Waals surface area contributed by atoms with Crippen molar-refractivity contribution in [2.24, 2.45) is 0 Å². The highest BCUT2D eigenvalue weighted by molar-refractivity contribution is 5.89. The quantitative estimate of drug-likeness (QED) is 0.820. The third-order valence-electron chi connectivity index (χ3n) is 4.60. The molecule has 0 radical (unpaired) electrons. The van der Waals surface area contributed by atoms with Crippen LogP contribution in [-0.2, 0) is 6.54 Å². The number of aliphatic hydroxyl groups excluding tert-OH is 1. The molecule has 2 aromatic rings. The summed E-state index contributed by atoms with van der Waals surface area (Å²) in [5.41, 5.74) is 1.53. The van der Waals surface area contributed by atoms with E-state index in [4.69, 9.17) is 9.52 Å². The molecular weight excluding hydrogens is 328 g/mol. The first-order valence-corrected chi connectivity index (χ1v) is 8.98. The van der Waals surface area contributed by atoms with Gasteiger partial charge in [-0.15, -0.1) is 0 Å². The molecular formula is C21H24N2O3. The highest BCUT2D eigenvalue weighted by Crippen LogP contribution is 2.26. The van der Waals surface area contributed by atoms with Crippen LogP contribution in [0.15, 0.2) is 40.8 Å². The van der Waals surface area contributed by atoms with Crippen LogP contribution in [0.3, 0.4) is 0 Å². The van der Waals surface area contributed by atoms with E-state index in [1.165, 1.54) is 0 Å². The van der Waals surface area contributed by atoms with Gasteiger partial charge in [-0.3, -0.25) is 0 Å². The molecule has 136 valence electrons. The number of carbonyl (C=O) groups excluding carboxylic acids is 1. The average molecular weight is 352 g/mol. The summed E-state index contributed by atoms with van der Waals surface area (Å²) in [4.78, 5) is 14.8. The fourth-order valence-electron chi connectivity index (χ4n) is 3.29. The molecule has 1 aliphatic rings. The third-order valence-corrected chi connectivity index (χ3v) is 4.60. The Morgan fingerprint density at radius 3 is 2.58 bits per heavy atom. The molecule has 5 nitrogen and oxygen atoms in total. The zero-order valence-electron chi connectivity index (χ0n) is 15.0. The summed E-state index contributed by atoms with van der Waals surface area (Å²) >= 11 is 0. The molecule has 1 heterocycles. The van der Waals surface area contributed by atoms with Gasteiger partial charge in [0.25, 0.3) is 0 Å². The van der Waals surface area contributed by atoms with Gasteiger partial charge in [-0.05, 0) is 56.2 Å². The predicted molar refractivity (Wildman–Crippen MR) is 101 cm³/mol. The normalized spacial score (nSPS) is 13.9. The van der Waals surface area contributed by atoms with E-state index in [2.05, 4.69) is 17.2 Å². The highest BCUT2D eigenvalue weighted by Gasteiger charge is 2.27. The molecule has 0 unspecified atom stereocenters. The number of furan rings is 1. The Hall–Kier alpha value is -2.71. The molecule has 0 saturated heterocycles. The summed E-state index contributed by atoms with van der Waals surface area (Å²) in [6.07, 6.45) is 4.37. The number of rotatable bonds is 4. The third kappa shape index (κ3) is 4.68. The number of nitrogens with one attached hydrogen (secondary N) is 1. The maximum absolute atomic E-state index is 12.9. The monoisotopic (exact) mass is 352 g/mol.